The lowest BCUT2D eigenvalue weighted by atomic mass is 9.87. The Labute approximate surface area is 714 Å². The normalized spacial score (nSPS) is 19.3. The van der Waals surface area contributed by atoms with Crippen molar-refractivity contribution in [1.29, 1.82) is 21.0 Å². The van der Waals surface area contributed by atoms with Crippen molar-refractivity contribution in [2.45, 2.75) is 153 Å². The summed E-state index contributed by atoms with van der Waals surface area (Å²) in [5, 5.41) is 60.6. The highest BCUT2D eigenvalue weighted by atomic mass is 32.1. The van der Waals surface area contributed by atoms with E-state index in [0.717, 1.165) is 81.2 Å². The van der Waals surface area contributed by atoms with E-state index in [1.165, 1.54) is 123 Å². The molecule has 8 aromatic rings. The van der Waals surface area contributed by atoms with Crippen molar-refractivity contribution < 1.29 is 47.9 Å². The van der Waals surface area contributed by atoms with Gasteiger partial charge in [0.1, 0.15) is 35.4 Å². The fourth-order valence-electron chi connectivity index (χ4n) is 15.4. The van der Waals surface area contributed by atoms with E-state index in [0.29, 0.717) is 109 Å². The van der Waals surface area contributed by atoms with Gasteiger partial charge in [0.15, 0.2) is 20.5 Å². The third kappa shape index (κ3) is 19.4. The molecule has 0 aliphatic carbocycles. The first-order valence-electron chi connectivity index (χ1n) is 38.7. The summed E-state index contributed by atoms with van der Waals surface area (Å²) in [7, 11) is 0. The van der Waals surface area contributed by atoms with E-state index >= 15 is 0 Å². The topological polar surface area (TPSA) is 543 Å². The van der Waals surface area contributed by atoms with Gasteiger partial charge in [0, 0.05) is 149 Å². The quantitative estimate of drug-likeness (QED) is 0.0472. The number of thiazole rings is 4. The third-order valence-corrected chi connectivity index (χ3v) is 26.6. The van der Waals surface area contributed by atoms with Crippen LogP contribution in [-0.2, 0) is 28.8 Å². The van der Waals surface area contributed by atoms with Crippen molar-refractivity contribution in [3.63, 3.8) is 0 Å². The van der Waals surface area contributed by atoms with E-state index in [4.69, 9.17) is 21.0 Å². The zero-order valence-corrected chi connectivity index (χ0v) is 70.7. The van der Waals surface area contributed by atoms with E-state index in [9.17, 15) is 47.9 Å². The van der Waals surface area contributed by atoms with Crippen molar-refractivity contribution >= 4 is 149 Å². The molecule has 0 unspecified atom stereocenters. The van der Waals surface area contributed by atoms with E-state index in [-0.39, 0.29) is 106 Å². The van der Waals surface area contributed by atoms with Crippen LogP contribution in [0.15, 0.2) is 74.4 Å². The summed E-state index contributed by atoms with van der Waals surface area (Å²) in [4.78, 5) is 189. The molecule has 4 spiro atoms. The maximum absolute atomic E-state index is 13.1. The lowest BCUT2D eigenvalue weighted by molar-refractivity contribution is -0.124. The average Bonchev–Trinajstić information content (AvgIpc) is 1.60. The first-order chi connectivity index (χ1) is 58.4. The Morgan fingerprint density at radius 1 is 0.344 bits per heavy atom. The Morgan fingerprint density at radius 2 is 0.574 bits per heavy atom. The van der Waals surface area contributed by atoms with Crippen molar-refractivity contribution in [2.24, 2.45) is 0 Å². The molecule has 632 valence electrons. The molecule has 0 saturated carbocycles. The molecule has 16 rings (SSSR count). The number of nitriles is 4. The molecule has 14 amide bonds. The molecule has 16 heterocycles. The van der Waals surface area contributed by atoms with E-state index in [1.54, 1.807) is 22.2 Å². The first-order valence-corrected chi connectivity index (χ1v) is 42.0. The molecule has 8 saturated heterocycles. The second-order valence-electron chi connectivity index (χ2n) is 30.3. The van der Waals surface area contributed by atoms with Crippen LogP contribution in [0.2, 0.25) is 0 Å². The maximum Gasteiger partial charge on any atom is 0.332 e. The number of piperidine rings is 4. The van der Waals surface area contributed by atoms with Gasteiger partial charge in [-0.15, -0.1) is 45.3 Å². The van der Waals surface area contributed by atoms with Crippen LogP contribution in [0.5, 0.6) is 0 Å². The number of urea groups is 4. The molecule has 8 fully saturated rings. The van der Waals surface area contributed by atoms with Crippen molar-refractivity contribution in [3.8, 4) is 24.3 Å². The van der Waals surface area contributed by atoms with Crippen molar-refractivity contribution in [3.05, 3.63) is 116 Å². The highest BCUT2D eigenvalue weighted by Gasteiger charge is 2.56. The Kier molecular flexibility index (Phi) is 26.2. The van der Waals surface area contributed by atoms with Gasteiger partial charge in [-0.05, 0) is 79.1 Å². The minimum Gasteiger partial charge on any atom is -0.330 e. The average molecular weight is 1730 g/mol. The Morgan fingerprint density at radius 3 is 0.803 bits per heavy atom. The zero-order chi connectivity index (χ0) is 87.0. The molecule has 8 aliphatic heterocycles. The number of hydrogen-bond donors (Lipinski definition) is 8. The molecule has 8 aromatic heterocycles. The van der Waals surface area contributed by atoms with Crippen LogP contribution in [0.1, 0.15) is 173 Å². The largest absolute Gasteiger partial charge is 0.332 e. The molecule has 0 radical (unpaired) electrons. The maximum atomic E-state index is 13.1. The summed E-state index contributed by atoms with van der Waals surface area (Å²) >= 11 is 5.81. The number of anilines is 8. The predicted molar refractivity (Wildman–Crippen MR) is 444 cm³/mol. The fourth-order valence-corrected chi connectivity index (χ4v) is 19.1. The standard InChI is InChI=1S/2C19H20N8O3S.2C19H22N8O2S/c2*1-11(14-10-23-17(31-14)24-12(2)28)26-5-3-19(4-6-26)15(29)27(18(30)25-19)16-21-8-13(7-20)9-22-16;2*1-12(15-10-23-17(30-15)24-13(2)28)26-5-3-19(4-6-26)11-27(18(29)25-19)16-21-8-14(7-20)9-22-16/h2*8-11H,3-6H2,1-2H3,(H,25,30)(H,23,24,28);2*8-10,12H,3-6,11H2,1-2H3,(H,25,29)(H,23,24,28)/t2*11-;2*12-/m1010/s1. The van der Waals surface area contributed by atoms with Gasteiger partial charge in [0.2, 0.25) is 47.4 Å². The second-order valence-corrected chi connectivity index (χ2v) is 34.5. The monoisotopic (exact) mass is 1730 g/mol. The molecule has 8 N–H and O–H groups in total. The minimum atomic E-state index is -0.986. The van der Waals surface area contributed by atoms with Crippen molar-refractivity contribution in [1.82, 2.24) is 101 Å². The van der Waals surface area contributed by atoms with E-state index in [1.807, 2.05) is 36.7 Å². The number of nitrogens with zero attached hydrogens (tertiary/aromatic N) is 24. The summed E-state index contributed by atoms with van der Waals surface area (Å²) < 4.78 is 0. The molecule has 0 bridgehead atoms. The molecule has 8 aliphatic rings. The molecule has 46 heteroatoms. The number of imide groups is 2. The number of likely N-dealkylation sites (tertiary alicyclic amines) is 4. The second kappa shape index (κ2) is 36.9. The van der Waals surface area contributed by atoms with Gasteiger partial charge in [0.25, 0.3) is 11.8 Å². The summed E-state index contributed by atoms with van der Waals surface area (Å²) in [5.41, 5.74) is -1.37. The summed E-state index contributed by atoms with van der Waals surface area (Å²) in [5.74, 6) is -0.787. The predicted octanol–water partition coefficient (Wildman–Crippen LogP) is 6.61. The van der Waals surface area contributed by atoms with Crippen LogP contribution in [0, 0.1) is 45.3 Å². The minimum absolute atomic E-state index is 0.0377. The van der Waals surface area contributed by atoms with Crippen LogP contribution in [0.4, 0.5) is 63.5 Å². The van der Waals surface area contributed by atoms with Gasteiger partial charge in [-0.2, -0.15) is 30.8 Å². The van der Waals surface area contributed by atoms with Gasteiger partial charge in [0.05, 0.1) is 96.0 Å². The Hall–Kier alpha value is -13.1. The summed E-state index contributed by atoms with van der Waals surface area (Å²) in [6.45, 7) is 20.9. The number of amides is 14. The SMILES string of the molecule is CC(=O)Nc1ncc([C@@H](C)N2CCC3(CC2)CN(c2ncc(C#N)cn2)C(=O)N3)s1.CC(=O)Nc1ncc([C@@H](C)N2CCC3(CC2)NC(=O)N(c2ncc(C#N)cn2)C3=O)s1.CC(=O)Nc1ncc([C@H](C)N2CCC3(CC2)CN(c2ncc(C#N)cn2)C(=O)N3)s1.CC(=O)Nc1ncc([C@H](C)N2CCC3(CC2)NC(=O)N(c2ncc(C#N)cn2)C3=O)s1. The number of carbonyl (C=O) groups is 10. The molecule has 0 aromatic carbocycles. The van der Waals surface area contributed by atoms with Crippen LogP contribution in [-0.4, -0.2) is 227 Å². The highest BCUT2D eigenvalue weighted by Crippen LogP contribution is 2.42. The zero-order valence-electron chi connectivity index (χ0n) is 67.4. The van der Waals surface area contributed by atoms with Gasteiger partial charge in [-0.3, -0.25) is 58.2 Å². The number of rotatable bonds is 16. The summed E-state index contributed by atoms with van der Waals surface area (Å²) in [6, 6.07) is 6.72. The fraction of sp³-hybridized carbons (Fsp3) is 0.447. The Bertz CT molecular complexity index is 5120. The first kappa shape index (κ1) is 86.8. The van der Waals surface area contributed by atoms with E-state index in [2.05, 4.69) is 150 Å². The lowest BCUT2D eigenvalue weighted by Crippen LogP contribution is -2.55. The number of hydrogen-bond acceptors (Lipinski definition) is 34. The highest BCUT2D eigenvalue weighted by molar-refractivity contribution is 7.16. The number of nitrogens with one attached hydrogen (secondary N) is 8. The van der Waals surface area contributed by atoms with Crippen LogP contribution in [0.3, 0.4) is 0 Å². The van der Waals surface area contributed by atoms with Crippen molar-refractivity contribution in [2.75, 3.05) is 106 Å². The van der Waals surface area contributed by atoms with Crippen LogP contribution < -0.4 is 62.1 Å². The van der Waals surface area contributed by atoms with Gasteiger partial charge in [-0.1, -0.05) is 0 Å². The van der Waals surface area contributed by atoms with E-state index < -0.39 is 23.1 Å². The Balaban J connectivity index is 0.000000140. The van der Waals surface area contributed by atoms with Gasteiger partial charge in [-0.25, -0.2) is 79.0 Å². The van der Waals surface area contributed by atoms with Crippen LogP contribution >= 0.6 is 45.3 Å². The molecule has 42 nitrogen and oxygen atoms in total. The smallest absolute Gasteiger partial charge is 0.330 e. The van der Waals surface area contributed by atoms with Crippen LogP contribution in [0.25, 0.3) is 0 Å². The molecular formula is C76H84N32O10S4. The van der Waals surface area contributed by atoms with Gasteiger partial charge < -0.3 is 42.5 Å². The molecular weight excluding hydrogens is 1650 g/mol. The molecule has 4 atom stereocenters. The molecule has 122 heavy (non-hydrogen) atoms. The number of carbonyl (C=O) groups excluding carboxylic acids is 10. The third-order valence-electron chi connectivity index (χ3n) is 22.3. The summed E-state index contributed by atoms with van der Waals surface area (Å²) in [6.07, 6.45) is 23.0. The number of aromatic nitrogens is 12. The lowest BCUT2D eigenvalue weighted by Gasteiger charge is -2.40. The van der Waals surface area contributed by atoms with Gasteiger partial charge >= 0.3 is 24.1 Å².